The van der Waals surface area contributed by atoms with Gasteiger partial charge in [0, 0.05) is 25.2 Å². The molecule has 1 fully saturated rings. The first-order valence-corrected chi connectivity index (χ1v) is 10.5. The molecule has 0 radical (unpaired) electrons. The smallest absolute Gasteiger partial charge is 0.338 e. The van der Waals surface area contributed by atoms with Crippen molar-refractivity contribution in [3.63, 3.8) is 0 Å². The summed E-state index contributed by atoms with van der Waals surface area (Å²) < 4.78 is 22.2. The number of benzene rings is 1. The Balaban J connectivity index is 1.82. The number of nitrogens with two attached hydrogens (primary N) is 1. The van der Waals surface area contributed by atoms with Crippen molar-refractivity contribution in [3.8, 4) is 11.8 Å². The molecule has 2 aliphatic heterocycles. The Bertz CT molecular complexity index is 897. The first-order valence-electron chi connectivity index (χ1n) is 10.5. The van der Waals surface area contributed by atoms with E-state index in [1.807, 2.05) is 24.3 Å². The van der Waals surface area contributed by atoms with Crippen molar-refractivity contribution in [1.82, 2.24) is 4.90 Å². The van der Waals surface area contributed by atoms with Crippen LogP contribution in [0.1, 0.15) is 31.7 Å². The van der Waals surface area contributed by atoms with Crippen LogP contribution in [0.15, 0.2) is 47.1 Å². The maximum Gasteiger partial charge on any atom is 0.338 e. The molecule has 31 heavy (non-hydrogen) atoms. The van der Waals surface area contributed by atoms with Crippen LogP contribution in [0.4, 0.5) is 0 Å². The molecule has 2 N–H and O–H groups in total. The maximum absolute atomic E-state index is 12.7. The molecule has 8 heteroatoms. The molecule has 1 saturated heterocycles. The molecule has 8 nitrogen and oxygen atoms in total. The number of nitrogens with zero attached hydrogens (tertiary/aromatic N) is 2. The summed E-state index contributed by atoms with van der Waals surface area (Å²) in [5, 5.41) is 9.76. The van der Waals surface area contributed by atoms with Gasteiger partial charge in [-0.1, -0.05) is 18.2 Å². The number of carbonyl (C=O) groups is 1. The summed E-state index contributed by atoms with van der Waals surface area (Å²) >= 11 is 0. The zero-order valence-corrected chi connectivity index (χ0v) is 18.1. The number of hydrogen-bond donors (Lipinski definition) is 1. The maximum atomic E-state index is 12.7. The minimum Gasteiger partial charge on any atom is -0.493 e. The van der Waals surface area contributed by atoms with Crippen LogP contribution in [-0.2, 0) is 19.0 Å². The number of ether oxygens (including phenoxy) is 4. The molecule has 1 aromatic rings. The van der Waals surface area contributed by atoms with Crippen LogP contribution in [0.2, 0.25) is 0 Å². The Kier molecular flexibility index (Phi) is 7.93. The highest BCUT2D eigenvalue weighted by atomic mass is 16.5. The van der Waals surface area contributed by atoms with Gasteiger partial charge in [0.05, 0.1) is 37.9 Å². The summed E-state index contributed by atoms with van der Waals surface area (Å²) in [6, 6.07) is 9.48. The van der Waals surface area contributed by atoms with E-state index in [-0.39, 0.29) is 23.6 Å². The molecule has 2 heterocycles. The SMILES string of the molecule is CCOC(=O)C1=C(C)OC(N)=C(C#N)C1c1ccccc1OCCCN1CCOCC1. The van der Waals surface area contributed by atoms with Gasteiger partial charge in [-0.15, -0.1) is 0 Å². The number of hydrogen-bond acceptors (Lipinski definition) is 8. The van der Waals surface area contributed by atoms with Crippen molar-refractivity contribution in [2.75, 3.05) is 46.1 Å². The van der Waals surface area contributed by atoms with Gasteiger partial charge < -0.3 is 24.7 Å². The van der Waals surface area contributed by atoms with E-state index < -0.39 is 11.9 Å². The van der Waals surface area contributed by atoms with Gasteiger partial charge in [0.1, 0.15) is 23.2 Å². The third-order valence-electron chi connectivity index (χ3n) is 5.31. The molecule has 0 spiro atoms. The Labute approximate surface area is 182 Å². The van der Waals surface area contributed by atoms with E-state index in [2.05, 4.69) is 11.0 Å². The van der Waals surface area contributed by atoms with Crippen molar-refractivity contribution in [1.29, 1.82) is 5.26 Å². The van der Waals surface area contributed by atoms with Crippen molar-refractivity contribution < 1.29 is 23.7 Å². The number of allylic oxidation sites excluding steroid dienone is 2. The highest BCUT2D eigenvalue weighted by molar-refractivity contribution is 5.92. The van der Waals surface area contributed by atoms with E-state index in [9.17, 15) is 10.1 Å². The first-order chi connectivity index (χ1) is 15.1. The van der Waals surface area contributed by atoms with E-state index in [1.54, 1.807) is 13.8 Å². The average Bonchev–Trinajstić information content (AvgIpc) is 2.77. The molecular formula is C23H29N3O5. The van der Waals surface area contributed by atoms with E-state index in [1.165, 1.54) is 0 Å². The normalized spacial score (nSPS) is 19.6. The number of nitriles is 1. The van der Waals surface area contributed by atoms with Crippen LogP contribution in [0.25, 0.3) is 0 Å². The van der Waals surface area contributed by atoms with Gasteiger partial charge in [0.15, 0.2) is 0 Å². The van der Waals surface area contributed by atoms with Crippen LogP contribution < -0.4 is 10.5 Å². The predicted octanol–water partition coefficient (Wildman–Crippen LogP) is 2.43. The Morgan fingerprint density at radius 1 is 1.32 bits per heavy atom. The number of rotatable bonds is 8. The number of morpholine rings is 1. The summed E-state index contributed by atoms with van der Waals surface area (Å²) in [5.41, 5.74) is 7.10. The highest BCUT2D eigenvalue weighted by Gasteiger charge is 2.37. The van der Waals surface area contributed by atoms with E-state index in [0.717, 1.165) is 39.3 Å². The average molecular weight is 428 g/mol. The lowest BCUT2D eigenvalue weighted by molar-refractivity contribution is -0.139. The molecule has 0 amide bonds. The van der Waals surface area contributed by atoms with Gasteiger partial charge in [0.2, 0.25) is 5.88 Å². The van der Waals surface area contributed by atoms with Crippen LogP contribution in [0.3, 0.4) is 0 Å². The van der Waals surface area contributed by atoms with E-state index in [0.29, 0.717) is 23.7 Å². The second kappa shape index (κ2) is 10.8. The molecule has 0 saturated carbocycles. The fourth-order valence-corrected chi connectivity index (χ4v) is 3.81. The number of esters is 1. The quantitative estimate of drug-likeness (QED) is 0.498. The molecule has 0 aromatic heterocycles. The van der Waals surface area contributed by atoms with Gasteiger partial charge in [0.25, 0.3) is 0 Å². The first kappa shape index (κ1) is 22.7. The topological polar surface area (TPSA) is 107 Å². The molecule has 166 valence electrons. The summed E-state index contributed by atoms with van der Waals surface area (Å²) in [4.78, 5) is 15.1. The fraction of sp³-hybridized carbons (Fsp3) is 0.478. The molecule has 3 rings (SSSR count). The Hall–Kier alpha value is -3.02. The van der Waals surface area contributed by atoms with Gasteiger partial charge in [-0.25, -0.2) is 4.79 Å². The predicted molar refractivity (Wildman–Crippen MR) is 114 cm³/mol. The van der Waals surface area contributed by atoms with Crippen LogP contribution in [-0.4, -0.2) is 56.9 Å². The minimum atomic E-state index is -0.715. The minimum absolute atomic E-state index is 0.0137. The fourth-order valence-electron chi connectivity index (χ4n) is 3.81. The zero-order valence-electron chi connectivity index (χ0n) is 18.1. The second-order valence-electron chi connectivity index (χ2n) is 7.31. The third kappa shape index (κ3) is 5.37. The standard InChI is InChI=1S/C23H29N3O5/c1-3-29-23(27)20-16(2)31-22(25)18(15-24)21(20)17-7-4-5-8-19(17)30-12-6-9-26-10-13-28-14-11-26/h4-5,7-8,21H,3,6,9-14,25H2,1-2H3. The molecule has 0 aliphatic carbocycles. The number of carbonyl (C=O) groups excluding carboxylic acids is 1. The lowest BCUT2D eigenvalue weighted by Gasteiger charge is -2.28. The summed E-state index contributed by atoms with van der Waals surface area (Å²) in [5.74, 6) is -0.339. The van der Waals surface area contributed by atoms with Crippen LogP contribution >= 0.6 is 0 Å². The van der Waals surface area contributed by atoms with Crippen LogP contribution in [0, 0.1) is 11.3 Å². The molecular weight excluding hydrogens is 398 g/mol. The van der Waals surface area contributed by atoms with Gasteiger partial charge in [-0.3, -0.25) is 4.90 Å². The van der Waals surface area contributed by atoms with Crippen molar-refractivity contribution in [2.24, 2.45) is 5.73 Å². The Morgan fingerprint density at radius 2 is 2.06 bits per heavy atom. The number of para-hydroxylation sites is 1. The molecule has 2 aliphatic rings. The largest absolute Gasteiger partial charge is 0.493 e. The monoisotopic (exact) mass is 427 g/mol. The summed E-state index contributed by atoms with van der Waals surface area (Å²) in [6.45, 7) is 8.41. The Morgan fingerprint density at radius 3 is 2.77 bits per heavy atom. The lowest BCUT2D eigenvalue weighted by atomic mass is 9.82. The molecule has 1 atom stereocenters. The molecule has 1 unspecified atom stereocenters. The summed E-state index contributed by atoms with van der Waals surface area (Å²) in [7, 11) is 0. The lowest BCUT2D eigenvalue weighted by Crippen LogP contribution is -2.37. The molecule has 0 bridgehead atoms. The van der Waals surface area contributed by atoms with Crippen molar-refractivity contribution >= 4 is 5.97 Å². The molecule has 1 aromatic carbocycles. The van der Waals surface area contributed by atoms with Crippen LogP contribution in [0.5, 0.6) is 5.75 Å². The van der Waals surface area contributed by atoms with Crippen molar-refractivity contribution in [3.05, 3.63) is 52.6 Å². The third-order valence-corrected chi connectivity index (χ3v) is 5.31. The van der Waals surface area contributed by atoms with E-state index >= 15 is 0 Å². The van der Waals surface area contributed by atoms with Crippen molar-refractivity contribution in [2.45, 2.75) is 26.2 Å². The van der Waals surface area contributed by atoms with E-state index in [4.69, 9.17) is 24.7 Å². The zero-order chi connectivity index (χ0) is 22.2. The van der Waals surface area contributed by atoms with Gasteiger partial charge in [-0.2, -0.15) is 5.26 Å². The highest BCUT2D eigenvalue weighted by Crippen LogP contribution is 2.42. The van der Waals surface area contributed by atoms with Gasteiger partial charge in [-0.05, 0) is 26.3 Å². The van der Waals surface area contributed by atoms with Gasteiger partial charge >= 0.3 is 5.97 Å². The second-order valence-corrected chi connectivity index (χ2v) is 7.31. The summed E-state index contributed by atoms with van der Waals surface area (Å²) in [6.07, 6.45) is 0.852.